The predicted octanol–water partition coefficient (Wildman–Crippen LogP) is 2.48. The van der Waals surface area contributed by atoms with Crippen LogP contribution in [0.5, 0.6) is 5.75 Å². The molecule has 2 rings (SSSR count). The van der Waals surface area contributed by atoms with Crippen LogP contribution in [0.15, 0.2) is 42.7 Å². The summed E-state index contributed by atoms with van der Waals surface area (Å²) in [4.78, 5) is 15.7. The van der Waals surface area contributed by atoms with Gasteiger partial charge in [0.1, 0.15) is 11.6 Å². The van der Waals surface area contributed by atoms with Crippen LogP contribution in [0.3, 0.4) is 0 Å². The normalized spacial score (nSPS) is 9.89. The first-order valence-corrected chi connectivity index (χ1v) is 5.25. The van der Waals surface area contributed by atoms with Crippen molar-refractivity contribution in [2.24, 2.45) is 0 Å². The number of methoxy groups -OCH3 is 1. The standard InChI is InChI=1S/C13H11FN2O2/c1-18-12-5-4-10(14)7-11(12)16-13(17)9-3-2-6-15-8-9/h2-8H,1H3,(H,16,17). The molecule has 0 fully saturated rings. The summed E-state index contributed by atoms with van der Waals surface area (Å²) in [5.41, 5.74) is 0.676. The fourth-order valence-electron chi connectivity index (χ4n) is 1.47. The lowest BCUT2D eigenvalue weighted by molar-refractivity contribution is 0.102. The number of anilines is 1. The Morgan fingerprint density at radius 3 is 2.89 bits per heavy atom. The molecule has 18 heavy (non-hydrogen) atoms. The molecule has 0 radical (unpaired) electrons. The third-order valence-corrected chi connectivity index (χ3v) is 2.33. The van der Waals surface area contributed by atoms with E-state index in [2.05, 4.69) is 10.3 Å². The van der Waals surface area contributed by atoms with Crippen LogP contribution in [0.2, 0.25) is 0 Å². The van der Waals surface area contributed by atoms with Gasteiger partial charge in [-0.15, -0.1) is 0 Å². The molecule has 0 bridgehead atoms. The molecule has 1 N–H and O–H groups in total. The van der Waals surface area contributed by atoms with Crippen molar-refractivity contribution in [2.45, 2.75) is 0 Å². The maximum atomic E-state index is 13.1. The second-order valence-electron chi connectivity index (χ2n) is 3.54. The number of nitrogens with zero attached hydrogens (tertiary/aromatic N) is 1. The Hall–Kier alpha value is -2.43. The van der Waals surface area contributed by atoms with Gasteiger partial charge in [0.25, 0.3) is 5.91 Å². The number of hydrogen-bond acceptors (Lipinski definition) is 3. The van der Waals surface area contributed by atoms with Gasteiger partial charge in [0, 0.05) is 18.5 Å². The highest BCUT2D eigenvalue weighted by Gasteiger charge is 2.10. The smallest absolute Gasteiger partial charge is 0.257 e. The van der Waals surface area contributed by atoms with Gasteiger partial charge < -0.3 is 10.1 Å². The Morgan fingerprint density at radius 2 is 2.22 bits per heavy atom. The monoisotopic (exact) mass is 246 g/mol. The van der Waals surface area contributed by atoms with Gasteiger partial charge in [-0.05, 0) is 24.3 Å². The van der Waals surface area contributed by atoms with E-state index in [-0.39, 0.29) is 11.6 Å². The number of carbonyl (C=O) groups is 1. The van der Waals surface area contributed by atoms with E-state index in [4.69, 9.17) is 4.74 Å². The molecule has 1 amide bonds. The van der Waals surface area contributed by atoms with Gasteiger partial charge in [-0.25, -0.2) is 4.39 Å². The summed E-state index contributed by atoms with van der Waals surface area (Å²) in [6, 6.07) is 7.19. The summed E-state index contributed by atoms with van der Waals surface area (Å²) >= 11 is 0. The first-order chi connectivity index (χ1) is 8.70. The second kappa shape index (κ2) is 5.27. The minimum atomic E-state index is -0.447. The molecule has 0 atom stereocenters. The number of hydrogen-bond donors (Lipinski definition) is 1. The molecule has 0 saturated carbocycles. The minimum Gasteiger partial charge on any atom is -0.495 e. The lowest BCUT2D eigenvalue weighted by Crippen LogP contribution is -2.13. The second-order valence-corrected chi connectivity index (χ2v) is 3.54. The summed E-state index contributed by atoms with van der Waals surface area (Å²) in [6.07, 6.45) is 3.00. The Balaban J connectivity index is 2.24. The number of benzene rings is 1. The molecule has 1 aromatic carbocycles. The number of nitrogens with one attached hydrogen (secondary N) is 1. The van der Waals surface area contributed by atoms with Gasteiger partial charge in [-0.3, -0.25) is 9.78 Å². The van der Waals surface area contributed by atoms with Crippen molar-refractivity contribution in [3.8, 4) is 5.75 Å². The molecule has 0 aliphatic carbocycles. The number of carbonyl (C=O) groups excluding carboxylic acids is 1. The van der Waals surface area contributed by atoms with Crippen molar-refractivity contribution >= 4 is 11.6 Å². The first kappa shape index (κ1) is 12.0. The average molecular weight is 246 g/mol. The molecule has 0 unspecified atom stereocenters. The van der Waals surface area contributed by atoms with Crippen LogP contribution in [-0.4, -0.2) is 18.0 Å². The average Bonchev–Trinajstić information content (AvgIpc) is 2.40. The predicted molar refractivity (Wildman–Crippen MR) is 65.1 cm³/mol. The van der Waals surface area contributed by atoms with Crippen LogP contribution in [0, 0.1) is 5.82 Å². The van der Waals surface area contributed by atoms with Crippen LogP contribution in [-0.2, 0) is 0 Å². The minimum absolute atomic E-state index is 0.284. The zero-order valence-corrected chi connectivity index (χ0v) is 9.68. The van der Waals surface area contributed by atoms with Gasteiger partial charge in [-0.2, -0.15) is 0 Å². The maximum absolute atomic E-state index is 13.1. The van der Waals surface area contributed by atoms with Gasteiger partial charge in [0.2, 0.25) is 0 Å². The Bertz CT molecular complexity index is 558. The molecule has 0 spiro atoms. The molecule has 5 heteroatoms. The molecule has 0 aliphatic rings. The van der Waals surface area contributed by atoms with Gasteiger partial charge in [0.05, 0.1) is 18.4 Å². The molecular weight excluding hydrogens is 235 g/mol. The highest BCUT2D eigenvalue weighted by atomic mass is 19.1. The fraction of sp³-hybridized carbons (Fsp3) is 0.0769. The van der Waals surface area contributed by atoms with Crippen molar-refractivity contribution in [1.29, 1.82) is 0 Å². The lowest BCUT2D eigenvalue weighted by Gasteiger charge is -2.09. The van der Waals surface area contributed by atoms with Crippen molar-refractivity contribution in [2.75, 3.05) is 12.4 Å². The van der Waals surface area contributed by atoms with E-state index < -0.39 is 5.82 Å². The molecule has 0 saturated heterocycles. The number of aromatic nitrogens is 1. The number of pyridine rings is 1. The Kier molecular flexibility index (Phi) is 3.52. The van der Waals surface area contributed by atoms with Crippen LogP contribution >= 0.6 is 0 Å². The SMILES string of the molecule is COc1ccc(F)cc1NC(=O)c1cccnc1. The van der Waals surface area contributed by atoms with Crippen LogP contribution < -0.4 is 10.1 Å². The lowest BCUT2D eigenvalue weighted by atomic mass is 10.2. The van der Waals surface area contributed by atoms with Gasteiger partial charge in [0.15, 0.2) is 0 Å². The number of halogens is 1. The van der Waals surface area contributed by atoms with Crippen LogP contribution in [0.25, 0.3) is 0 Å². The summed E-state index contributed by atoms with van der Waals surface area (Å²) < 4.78 is 18.2. The molecule has 1 aromatic heterocycles. The number of ether oxygens (including phenoxy) is 1. The zero-order valence-electron chi connectivity index (χ0n) is 9.68. The van der Waals surface area contributed by atoms with E-state index >= 15 is 0 Å². The highest BCUT2D eigenvalue weighted by Crippen LogP contribution is 2.25. The third kappa shape index (κ3) is 2.63. The van der Waals surface area contributed by atoms with E-state index in [9.17, 15) is 9.18 Å². The maximum Gasteiger partial charge on any atom is 0.257 e. The highest BCUT2D eigenvalue weighted by molar-refractivity contribution is 6.04. The van der Waals surface area contributed by atoms with Crippen molar-refractivity contribution in [1.82, 2.24) is 4.98 Å². The van der Waals surface area contributed by atoms with Crippen molar-refractivity contribution in [3.05, 3.63) is 54.1 Å². The Morgan fingerprint density at radius 1 is 1.39 bits per heavy atom. The zero-order chi connectivity index (χ0) is 13.0. The quantitative estimate of drug-likeness (QED) is 0.905. The van der Waals surface area contributed by atoms with Crippen LogP contribution in [0.1, 0.15) is 10.4 Å². The van der Waals surface area contributed by atoms with Crippen molar-refractivity contribution < 1.29 is 13.9 Å². The molecule has 92 valence electrons. The fourth-order valence-corrected chi connectivity index (χ4v) is 1.47. The van der Waals surface area contributed by atoms with Gasteiger partial charge >= 0.3 is 0 Å². The van der Waals surface area contributed by atoms with E-state index in [0.717, 1.165) is 0 Å². The summed E-state index contributed by atoms with van der Waals surface area (Å²) in [5, 5.41) is 2.57. The topological polar surface area (TPSA) is 51.2 Å². The summed E-state index contributed by atoms with van der Waals surface area (Å²) in [5.74, 6) is -0.419. The van der Waals surface area contributed by atoms with Crippen LogP contribution in [0.4, 0.5) is 10.1 Å². The number of rotatable bonds is 3. The largest absolute Gasteiger partial charge is 0.495 e. The molecule has 0 aliphatic heterocycles. The molecule has 2 aromatic rings. The van der Waals surface area contributed by atoms with E-state index in [1.165, 1.54) is 31.5 Å². The summed E-state index contributed by atoms with van der Waals surface area (Å²) in [7, 11) is 1.45. The van der Waals surface area contributed by atoms with E-state index in [1.807, 2.05) is 0 Å². The molecule has 4 nitrogen and oxygen atoms in total. The van der Waals surface area contributed by atoms with E-state index in [0.29, 0.717) is 11.3 Å². The van der Waals surface area contributed by atoms with Crippen molar-refractivity contribution in [3.63, 3.8) is 0 Å². The van der Waals surface area contributed by atoms with Gasteiger partial charge in [-0.1, -0.05) is 0 Å². The number of amides is 1. The third-order valence-electron chi connectivity index (χ3n) is 2.33. The molecule has 1 heterocycles. The molecular formula is C13H11FN2O2. The summed E-state index contributed by atoms with van der Waals surface area (Å²) in [6.45, 7) is 0. The first-order valence-electron chi connectivity index (χ1n) is 5.25. The van der Waals surface area contributed by atoms with E-state index in [1.54, 1.807) is 18.3 Å². The Labute approximate surface area is 103 Å².